The van der Waals surface area contributed by atoms with Gasteiger partial charge in [-0.25, -0.2) is 4.98 Å². The van der Waals surface area contributed by atoms with Crippen molar-refractivity contribution in [2.24, 2.45) is 0 Å². The van der Waals surface area contributed by atoms with Crippen LogP contribution in [0.4, 0.5) is 5.95 Å². The van der Waals surface area contributed by atoms with Gasteiger partial charge in [-0.05, 0) is 0 Å². The van der Waals surface area contributed by atoms with Gasteiger partial charge in [0.05, 0.1) is 13.7 Å². The van der Waals surface area contributed by atoms with E-state index in [-0.39, 0.29) is 0 Å². The van der Waals surface area contributed by atoms with Crippen LogP contribution in [0.25, 0.3) is 0 Å². The molecule has 0 aliphatic heterocycles. The molecule has 0 bridgehead atoms. The van der Waals surface area contributed by atoms with E-state index in [1.807, 2.05) is 0 Å². The molecule has 4 heteroatoms. The molecular weight excluding hydrogens is 154 g/mol. The van der Waals surface area contributed by atoms with Gasteiger partial charge in [-0.1, -0.05) is 5.92 Å². The Balaban J connectivity index is 2.67. The summed E-state index contributed by atoms with van der Waals surface area (Å²) in [4.78, 5) is 7.92. The number of terminal acetylenes is 1. The summed E-state index contributed by atoms with van der Waals surface area (Å²) in [7, 11) is 1.55. The van der Waals surface area contributed by atoms with Gasteiger partial charge in [0.15, 0.2) is 0 Å². The van der Waals surface area contributed by atoms with Gasteiger partial charge in [0.1, 0.15) is 0 Å². The molecule has 12 heavy (non-hydrogen) atoms. The third-order valence-corrected chi connectivity index (χ3v) is 1.19. The summed E-state index contributed by atoms with van der Waals surface area (Å²) in [5.41, 5.74) is 0. The van der Waals surface area contributed by atoms with Gasteiger partial charge in [0.2, 0.25) is 11.8 Å². The standard InChI is InChI=1S/C8H9N3O/c1-3-5-9-8-10-6-4-7(11-8)12-2/h1,4,6H,5H2,2H3,(H,9,10,11). The average Bonchev–Trinajstić information content (AvgIpc) is 2.15. The van der Waals surface area contributed by atoms with Crippen molar-refractivity contribution >= 4 is 5.95 Å². The molecule has 1 N–H and O–H groups in total. The first kappa shape index (κ1) is 8.34. The lowest BCUT2D eigenvalue weighted by molar-refractivity contribution is 0.397. The van der Waals surface area contributed by atoms with Crippen LogP contribution in [-0.4, -0.2) is 23.6 Å². The minimum absolute atomic E-state index is 0.410. The van der Waals surface area contributed by atoms with E-state index >= 15 is 0 Å². The van der Waals surface area contributed by atoms with E-state index in [4.69, 9.17) is 11.2 Å². The molecule has 0 spiro atoms. The molecule has 0 unspecified atom stereocenters. The maximum atomic E-state index is 5.05. The molecule has 1 heterocycles. The van der Waals surface area contributed by atoms with Gasteiger partial charge in [0.25, 0.3) is 0 Å². The Kier molecular flexibility index (Phi) is 2.91. The number of nitrogens with zero attached hydrogens (tertiary/aromatic N) is 2. The first-order chi connectivity index (χ1) is 5.86. The van der Waals surface area contributed by atoms with Crippen molar-refractivity contribution < 1.29 is 4.74 Å². The molecule has 1 rings (SSSR count). The molecule has 0 aliphatic rings. The highest BCUT2D eigenvalue weighted by atomic mass is 16.5. The first-order valence-electron chi connectivity index (χ1n) is 3.41. The Morgan fingerprint density at radius 2 is 2.58 bits per heavy atom. The lowest BCUT2D eigenvalue weighted by atomic mass is 10.6. The van der Waals surface area contributed by atoms with Crippen molar-refractivity contribution in [1.82, 2.24) is 9.97 Å². The summed E-state index contributed by atoms with van der Waals surface area (Å²) in [5.74, 6) is 3.42. The molecule has 0 amide bonds. The Labute approximate surface area is 71.0 Å². The Bertz CT molecular complexity index is 293. The Morgan fingerprint density at radius 3 is 3.25 bits per heavy atom. The number of aromatic nitrogens is 2. The minimum atomic E-state index is 0.410. The molecule has 1 aromatic heterocycles. The topological polar surface area (TPSA) is 47.0 Å². The maximum absolute atomic E-state index is 5.05. The maximum Gasteiger partial charge on any atom is 0.226 e. The fraction of sp³-hybridized carbons (Fsp3) is 0.250. The van der Waals surface area contributed by atoms with Crippen LogP contribution < -0.4 is 10.1 Å². The van der Waals surface area contributed by atoms with E-state index in [1.165, 1.54) is 0 Å². The summed E-state index contributed by atoms with van der Waals surface area (Å²) in [6.45, 7) is 0.410. The summed E-state index contributed by atoms with van der Waals surface area (Å²) >= 11 is 0. The highest BCUT2D eigenvalue weighted by molar-refractivity contribution is 5.28. The van der Waals surface area contributed by atoms with E-state index in [9.17, 15) is 0 Å². The van der Waals surface area contributed by atoms with Gasteiger partial charge in [-0.3, -0.25) is 0 Å². The summed E-state index contributed by atoms with van der Waals surface area (Å²) < 4.78 is 4.89. The molecule has 0 aromatic carbocycles. The van der Waals surface area contributed by atoms with Gasteiger partial charge in [-0.15, -0.1) is 6.42 Å². The van der Waals surface area contributed by atoms with Crippen LogP contribution in [0.5, 0.6) is 5.88 Å². The molecular formula is C8H9N3O. The first-order valence-corrected chi connectivity index (χ1v) is 3.41. The molecule has 1 aromatic rings. The average molecular weight is 163 g/mol. The number of rotatable bonds is 3. The highest BCUT2D eigenvalue weighted by Crippen LogP contribution is 2.06. The highest BCUT2D eigenvalue weighted by Gasteiger charge is 1.95. The van der Waals surface area contributed by atoms with Gasteiger partial charge in [0, 0.05) is 12.3 Å². The second-order valence-electron chi connectivity index (χ2n) is 1.98. The fourth-order valence-electron chi connectivity index (χ4n) is 0.671. The zero-order valence-electron chi connectivity index (χ0n) is 6.74. The second kappa shape index (κ2) is 4.19. The predicted molar refractivity (Wildman–Crippen MR) is 45.9 cm³/mol. The molecule has 0 atom stereocenters. The molecule has 0 saturated carbocycles. The summed E-state index contributed by atoms with van der Waals surface area (Å²) in [6, 6.07) is 1.67. The van der Waals surface area contributed by atoms with E-state index in [0.29, 0.717) is 18.4 Å². The Hall–Kier alpha value is -1.76. The zero-order chi connectivity index (χ0) is 8.81. The molecule has 0 aliphatic carbocycles. The Morgan fingerprint density at radius 1 is 1.75 bits per heavy atom. The molecule has 0 fully saturated rings. The predicted octanol–water partition coefficient (Wildman–Crippen LogP) is 0.530. The number of methoxy groups -OCH3 is 1. The third-order valence-electron chi connectivity index (χ3n) is 1.19. The quantitative estimate of drug-likeness (QED) is 0.660. The van der Waals surface area contributed by atoms with Crippen LogP contribution in [0.3, 0.4) is 0 Å². The van der Waals surface area contributed by atoms with Crippen molar-refractivity contribution in [1.29, 1.82) is 0 Å². The molecule has 0 radical (unpaired) electrons. The monoisotopic (exact) mass is 163 g/mol. The van der Waals surface area contributed by atoms with Crippen molar-refractivity contribution in [3.63, 3.8) is 0 Å². The molecule has 0 saturated heterocycles. The fourth-order valence-corrected chi connectivity index (χ4v) is 0.671. The van der Waals surface area contributed by atoms with Crippen molar-refractivity contribution in [3.05, 3.63) is 12.3 Å². The summed E-state index contributed by atoms with van der Waals surface area (Å²) in [5, 5.41) is 2.83. The number of hydrogen-bond acceptors (Lipinski definition) is 4. The zero-order valence-corrected chi connectivity index (χ0v) is 6.74. The lowest BCUT2D eigenvalue weighted by Crippen LogP contribution is -2.03. The van der Waals surface area contributed by atoms with Crippen LogP contribution in [0, 0.1) is 12.3 Å². The number of hydrogen-bond donors (Lipinski definition) is 1. The van der Waals surface area contributed by atoms with E-state index < -0.39 is 0 Å². The normalized spacial score (nSPS) is 8.67. The van der Waals surface area contributed by atoms with Crippen molar-refractivity contribution in [2.75, 3.05) is 19.0 Å². The van der Waals surface area contributed by atoms with Crippen LogP contribution in [0.1, 0.15) is 0 Å². The summed E-state index contributed by atoms with van der Waals surface area (Å²) in [6.07, 6.45) is 6.65. The second-order valence-corrected chi connectivity index (χ2v) is 1.98. The van der Waals surface area contributed by atoms with Crippen LogP contribution in [-0.2, 0) is 0 Å². The molecule has 62 valence electrons. The van der Waals surface area contributed by atoms with Crippen LogP contribution >= 0.6 is 0 Å². The molecule has 4 nitrogen and oxygen atoms in total. The minimum Gasteiger partial charge on any atom is -0.481 e. The lowest BCUT2D eigenvalue weighted by Gasteiger charge is -2.01. The van der Waals surface area contributed by atoms with Crippen molar-refractivity contribution in [2.45, 2.75) is 0 Å². The van der Waals surface area contributed by atoms with Gasteiger partial charge >= 0.3 is 0 Å². The van der Waals surface area contributed by atoms with Gasteiger partial charge in [-0.2, -0.15) is 4.98 Å². The SMILES string of the molecule is C#CCNc1nccc(OC)n1. The smallest absolute Gasteiger partial charge is 0.226 e. The van der Waals surface area contributed by atoms with E-state index in [2.05, 4.69) is 21.2 Å². The van der Waals surface area contributed by atoms with E-state index in [0.717, 1.165) is 0 Å². The largest absolute Gasteiger partial charge is 0.481 e. The third kappa shape index (κ3) is 2.13. The number of nitrogens with one attached hydrogen (secondary N) is 1. The van der Waals surface area contributed by atoms with E-state index in [1.54, 1.807) is 19.4 Å². The van der Waals surface area contributed by atoms with Crippen LogP contribution in [0.15, 0.2) is 12.3 Å². The van der Waals surface area contributed by atoms with Crippen molar-refractivity contribution in [3.8, 4) is 18.2 Å². The number of anilines is 1. The van der Waals surface area contributed by atoms with Gasteiger partial charge < -0.3 is 10.1 Å². The van der Waals surface area contributed by atoms with Crippen LogP contribution in [0.2, 0.25) is 0 Å². The number of ether oxygens (including phenoxy) is 1.